The van der Waals surface area contributed by atoms with Crippen molar-refractivity contribution in [2.24, 2.45) is 0 Å². The number of phosphoric acid groups is 1. The Kier molecular flexibility index (Phi) is 14.8. The second kappa shape index (κ2) is 18.3. The van der Waals surface area contributed by atoms with E-state index in [1.165, 1.54) is 12.5 Å². The van der Waals surface area contributed by atoms with E-state index in [2.05, 4.69) is 30.4 Å². The molecule has 1 aromatic heterocycles. The number of ether oxygens (including phenoxy) is 1. The lowest BCUT2D eigenvalue weighted by molar-refractivity contribution is -0.142. The SMILES string of the molecule is O=C(CCCCNC(=O)C(Cc1cnc[nH]1)NC(=O)OCc1ccccc1)NCCC(=O)NC(COP(=O)(O)O)C(=O)O. The number of alkyl carbamates (subject to hydrolysis) is 1. The molecule has 0 aliphatic carbocycles. The smallest absolute Gasteiger partial charge is 0.469 e. The molecule has 0 spiro atoms. The molecule has 0 fully saturated rings. The summed E-state index contributed by atoms with van der Waals surface area (Å²) >= 11 is 0. The zero-order valence-corrected chi connectivity index (χ0v) is 24.0. The van der Waals surface area contributed by atoms with Crippen molar-refractivity contribution < 1.29 is 52.7 Å². The number of carbonyl (C=O) groups is 5. The number of carboxylic acids is 1. The van der Waals surface area contributed by atoms with Gasteiger partial charge in [0.25, 0.3) is 0 Å². The Labute approximate surface area is 246 Å². The molecule has 1 heterocycles. The highest BCUT2D eigenvalue weighted by Crippen LogP contribution is 2.35. The number of aliphatic carboxylic acids is 1. The first-order chi connectivity index (χ1) is 20.4. The Hall–Kier alpha value is -4.31. The van der Waals surface area contributed by atoms with Crippen LogP contribution in [0.15, 0.2) is 42.9 Å². The summed E-state index contributed by atoms with van der Waals surface area (Å²) < 4.78 is 20.0. The van der Waals surface area contributed by atoms with E-state index in [-0.39, 0.29) is 44.9 Å². The molecule has 0 bridgehead atoms. The van der Waals surface area contributed by atoms with Crippen LogP contribution in [-0.2, 0) is 46.0 Å². The van der Waals surface area contributed by atoms with Gasteiger partial charge in [-0.3, -0.25) is 18.9 Å². The molecule has 0 radical (unpaired) electrons. The van der Waals surface area contributed by atoms with Crippen LogP contribution in [0.2, 0.25) is 0 Å². The van der Waals surface area contributed by atoms with Crippen LogP contribution in [0.25, 0.3) is 0 Å². The molecular weight excluding hydrogens is 591 g/mol. The monoisotopic (exact) mass is 626 g/mol. The van der Waals surface area contributed by atoms with E-state index in [1.807, 2.05) is 23.5 Å². The fourth-order valence-corrected chi connectivity index (χ4v) is 3.84. The number of benzene rings is 1. The fourth-order valence-electron chi connectivity index (χ4n) is 3.49. The number of rotatable bonds is 19. The zero-order chi connectivity index (χ0) is 31.7. The Balaban J connectivity index is 1.67. The number of unbranched alkanes of at least 4 members (excludes halogenated alkanes) is 1. The molecular formula is C25H35N6O11P. The number of carbonyl (C=O) groups excluding carboxylic acids is 4. The van der Waals surface area contributed by atoms with Crippen molar-refractivity contribution in [3.8, 4) is 0 Å². The Bertz CT molecular complexity index is 1240. The standard InChI is InChI=1S/C25H35N6O11P/c32-21(27-11-9-22(33)30-20(24(35)36)15-42-43(38,39)40)8-4-5-10-28-23(34)19(12-18-13-26-16-29-18)31-25(37)41-14-17-6-2-1-3-7-17/h1-3,6-7,13,16,19-20H,4-5,8-12,14-15H2,(H,26,29)(H,27,32)(H,28,34)(H,30,33)(H,31,37)(H,35,36)(H2,38,39,40). The van der Waals surface area contributed by atoms with E-state index in [0.29, 0.717) is 18.5 Å². The van der Waals surface area contributed by atoms with Crippen LogP contribution in [0.3, 0.4) is 0 Å². The van der Waals surface area contributed by atoms with Gasteiger partial charge in [0.2, 0.25) is 17.7 Å². The molecule has 236 valence electrons. The highest BCUT2D eigenvalue weighted by atomic mass is 31.2. The number of hydrogen-bond donors (Lipinski definition) is 8. The minimum absolute atomic E-state index is 0.0367. The van der Waals surface area contributed by atoms with E-state index in [9.17, 15) is 28.5 Å². The van der Waals surface area contributed by atoms with Gasteiger partial charge in [-0.15, -0.1) is 0 Å². The lowest BCUT2D eigenvalue weighted by Gasteiger charge is -2.18. The highest BCUT2D eigenvalue weighted by Gasteiger charge is 2.25. The molecule has 0 aliphatic rings. The Morgan fingerprint density at radius 1 is 0.930 bits per heavy atom. The third-order valence-corrected chi connectivity index (χ3v) is 6.13. The topological polar surface area (TPSA) is 258 Å². The van der Waals surface area contributed by atoms with Crippen LogP contribution >= 0.6 is 7.82 Å². The van der Waals surface area contributed by atoms with E-state index in [1.54, 1.807) is 12.1 Å². The summed E-state index contributed by atoms with van der Waals surface area (Å²) in [6.07, 6.45) is 3.02. The summed E-state index contributed by atoms with van der Waals surface area (Å²) in [5.74, 6) is -3.15. The van der Waals surface area contributed by atoms with E-state index >= 15 is 0 Å². The molecule has 2 unspecified atom stereocenters. The van der Waals surface area contributed by atoms with Gasteiger partial charge in [0.05, 0.1) is 12.9 Å². The molecule has 2 atom stereocenters. The van der Waals surface area contributed by atoms with Crippen molar-refractivity contribution in [2.45, 2.75) is 50.8 Å². The van der Waals surface area contributed by atoms with Crippen LogP contribution in [0.4, 0.5) is 4.79 Å². The number of amides is 4. The number of imidazole rings is 1. The minimum Gasteiger partial charge on any atom is -0.480 e. The van der Waals surface area contributed by atoms with Crippen molar-refractivity contribution in [1.29, 1.82) is 0 Å². The minimum atomic E-state index is -4.91. The van der Waals surface area contributed by atoms with Gasteiger partial charge < -0.3 is 45.9 Å². The van der Waals surface area contributed by atoms with Gasteiger partial charge in [-0.05, 0) is 18.4 Å². The molecule has 1 aromatic carbocycles. The first kappa shape index (κ1) is 34.9. The van der Waals surface area contributed by atoms with Crippen LogP contribution < -0.4 is 21.3 Å². The average molecular weight is 627 g/mol. The molecule has 18 heteroatoms. The predicted octanol–water partition coefficient (Wildman–Crippen LogP) is -0.281. The molecule has 17 nitrogen and oxygen atoms in total. The number of aromatic amines is 1. The van der Waals surface area contributed by atoms with Gasteiger partial charge in [-0.25, -0.2) is 19.1 Å². The first-order valence-electron chi connectivity index (χ1n) is 13.1. The second-order valence-electron chi connectivity index (χ2n) is 9.13. The molecule has 43 heavy (non-hydrogen) atoms. The zero-order valence-electron chi connectivity index (χ0n) is 23.1. The number of hydrogen-bond acceptors (Lipinski definition) is 9. The quantitative estimate of drug-likeness (QED) is 0.0740. The molecule has 2 rings (SSSR count). The summed E-state index contributed by atoms with van der Waals surface area (Å²) in [5.41, 5.74) is 1.42. The molecule has 4 amide bonds. The lowest BCUT2D eigenvalue weighted by Crippen LogP contribution is -2.48. The van der Waals surface area contributed by atoms with E-state index < -0.39 is 50.4 Å². The van der Waals surface area contributed by atoms with Crippen molar-refractivity contribution >= 4 is 37.6 Å². The number of carboxylic acid groups (broad SMARTS) is 1. The number of phosphoric ester groups is 1. The molecule has 0 saturated heterocycles. The summed E-state index contributed by atoms with van der Waals surface area (Å²) in [6, 6.07) is 6.44. The van der Waals surface area contributed by atoms with Gasteiger partial charge in [0.1, 0.15) is 12.6 Å². The van der Waals surface area contributed by atoms with Crippen LogP contribution in [-0.4, -0.2) is 86.4 Å². The number of nitrogens with one attached hydrogen (secondary N) is 5. The van der Waals surface area contributed by atoms with Crippen molar-refractivity contribution in [2.75, 3.05) is 19.7 Å². The van der Waals surface area contributed by atoms with E-state index in [0.717, 1.165) is 5.56 Å². The van der Waals surface area contributed by atoms with Crippen LogP contribution in [0, 0.1) is 0 Å². The largest absolute Gasteiger partial charge is 0.480 e. The number of H-pyrrole nitrogens is 1. The normalized spacial score (nSPS) is 12.4. The van der Waals surface area contributed by atoms with Crippen molar-refractivity contribution in [3.05, 3.63) is 54.1 Å². The first-order valence-corrected chi connectivity index (χ1v) is 14.7. The summed E-state index contributed by atoms with van der Waals surface area (Å²) in [6.45, 7) is -0.780. The van der Waals surface area contributed by atoms with Crippen LogP contribution in [0.1, 0.15) is 36.9 Å². The summed E-state index contributed by atoms with van der Waals surface area (Å²) in [5, 5.41) is 18.8. The lowest BCUT2D eigenvalue weighted by atomic mass is 10.1. The third-order valence-electron chi connectivity index (χ3n) is 5.65. The predicted molar refractivity (Wildman–Crippen MR) is 148 cm³/mol. The van der Waals surface area contributed by atoms with Gasteiger partial charge in [-0.2, -0.15) is 0 Å². The average Bonchev–Trinajstić information content (AvgIpc) is 3.46. The maximum absolute atomic E-state index is 12.8. The molecule has 8 N–H and O–H groups in total. The maximum atomic E-state index is 12.8. The van der Waals surface area contributed by atoms with Gasteiger partial charge in [0.15, 0.2) is 6.04 Å². The Morgan fingerprint density at radius 3 is 2.33 bits per heavy atom. The third kappa shape index (κ3) is 15.5. The number of aromatic nitrogens is 2. The highest BCUT2D eigenvalue weighted by molar-refractivity contribution is 7.46. The molecule has 0 saturated carbocycles. The van der Waals surface area contributed by atoms with Crippen LogP contribution in [0.5, 0.6) is 0 Å². The second-order valence-corrected chi connectivity index (χ2v) is 10.4. The van der Waals surface area contributed by atoms with E-state index in [4.69, 9.17) is 19.6 Å². The number of nitrogens with zero attached hydrogens (tertiary/aromatic N) is 1. The van der Waals surface area contributed by atoms with Gasteiger partial charge in [-0.1, -0.05) is 30.3 Å². The summed E-state index contributed by atoms with van der Waals surface area (Å²) in [7, 11) is -4.91. The molecule has 2 aromatic rings. The fraction of sp³-hybridized carbons (Fsp3) is 0.440. The van der Waals surface area contributed by atoms with Gasteiger partial charge in [0, 0.05) is 44.2 Å². The Morgan fingerprint density at radius 2 is 1.67 bits per heavy atom. The molecule has 0 aliphatic heterocycles. The summed E-state index contributed by atoms with van der Waals surface area (Å²) in [4.78, 5) is 84.2. The maximum Gasteiger partial charge on any atom is 0.469 e. The van der Waals surface area contributed by atoms with Gasteiger partial charge >= 0.3 is 19.9 Å². The van der Waals surface area contributed by atoms with Crippen molar-refractivity contribution in [1.82, 2.24) is 31.2 Å². The van der Waals surface area contributed by atoms with Crippen molar-refractivity contribution in [3.63, 3.8) is 0 Å².